The number of benzene rings is 1. The van der Waals surface area contributed by atoms with Crippen LogP contribution >= 0.6 is 0 Å². The van der Waals surface area contributed by atoms with Crippen LogP contribution in [0.15, 0.2) is 34.0 Å². The number of aromatic hydroxyl groups is 1. The van der Waals surface area contributed by atoms with Crippen LogP contribution in [0.1, 0.15) is 28.7 Å². The monoisotopic (exact) mass is 342 g/mol. The van der Waals surface area contributed by atoms with Gasteiger partial charge < -0.3 is 10.8 Å². The zero-order valence-corrected chi connectivity index (χ0v) is 13.1. The van der Waals surface area contributed by atoms with E-state index in [9.17, 15) is 9.90 Å². The molecule has 25 heavy (non-hydrogen) atoms. The Morgan fingerprint density at radius 3 is 2.92 bits per heavy atom. The quantitative estimate of drug-likeness (QED) is 0.440. The van der Waals surface area contributed by atoms with E-state index in [1.807, 2.05) is 6.92 Å². The maximum atomic E-state index is 12.3. The number of phenolic OH excluding ortho intramolecular Hbond substituents is 1. The van der Waals surface area contributed by atoms with Crippen LogP contribution in [0.25, 0.3) is 5.82 Å². The Balaban J connectivity index is 1.80. The van der Waals surface area contributed by atoms with Gasteiger partial charge in [0.25, 0.3) is 5.91 Å². The Morgan fingerprint density at radius 1 is 1.44 bits per heavy atom. The molecule has 0 fully saturated rings. The van der Waals surface area contributed by atoms with Gasteiger partial charge in [-0.1, -0.05) is 24.3 Å². The third kappa shape index (κ3) is 3.15. The lowest BCUT2D eigenvalue weighted by atomic mass is 10.2. The molecule has 1 aromatic carbocycles. The molecule has 2 aromatic heterocycles. The van der Waals surface area contributed by atoms with Crippen molar-refractivity contribution in [2.75, 3.05) is 5.73 Å². The Bertz CT molecular complexity index is 930. The second-order valence-electron chi connectivity index (χ2n) is 4.88. The third-order valence-corrected chi connectivity index (χ3v) is 3.32. The first-order chi connectivity index (χ1) is 12.1. The first-order valence-electron chi connectivity index (χ1n) is 7.26. The van der Waals surface area contributed by atoms with Crippen LogP contribution in [0.5, 0.6) is 5.75 Å². The highest BCUT2D eigenvalue weighted by Gasteiger charge is 2.22. The predicted molar refractivity (Wildman–Crippen MR) is 86.2 cm³/mol. The van der Waals surface area contributed by atoms with Crippen molar-refractivity contribution in [1.29, 1.82) is 0 Å². The summed E-state index contributed by atoms with van der Waals surface area (Å²) in [6, 6.07) is 6.58. The highest BCUT2D eigenvalue weighted by Crippen LogP contribution is 2.16. The van der Waals surface area contributed by atoms with E-state index in [1.54, 1.807) is 18.2 Å². The number of carbonyl (C=O) groups is 1. The number of nitrogens with two attached hydrogens (primary N) is 1. The number of amides is 1. The number of nitrogen functional groups attached to an aromatic ring is 1. The van der Waals surface area contributed by atoms with Gasteiger partial charge in [-0.25, -0.2) is 10.1 Å². The number of hydrogen-bond acceptors (Lipinski definition) is 9. The zero-order chi connectivity index (χ0) is 17.8. The molecule has 3 rings (SSSR count). The maximum Gasteiger partial charge on any atom is 0.293 e. The molecule has 0 spiro atoms. The van der Waals surface area contributed by atoms with Crippen molar-refractivity contribution in [3.05, 3.63) is 41.2 Å². The number of nitrogens with zero attached hydrogens (tertiary/aromatic N) is 6. The van der Waals surface area contributed by atoms with Crippen LogP contribution in [0, 0.1) is 0 Å². The van der Waals surface area contributed by atoms with Gasteiger partial charge in [0.2, 0.25) is 11.6 Å². The van der Waals surface area contributed by atoms with Gasteiger partial charge in [0.15, 0.2) is 5.69 Å². The molecule has 0 unspecified atom stereocenters. The van der Waals surface area contributed by atoms with Crippen LogP contribution in [0.2, 0.25) is 0 Å². The molecule has 11 heteroatoms. The van der Waals surface area contributed by atoms with Gasteiger partial charge in [-0.3, -0.25) is 4.79 Å². The summed E-state index contributed by atoms with van der Waals surface area (Å²) in [6.45, 7) is 1.82. The van der Waals surface area contributed by atoms with Crippen LogP contribution in [0.4, 0.5) is 5.82 Å². The van der Waals surface area contributed by atoms with Gasteiger partial charge in [0.1, 0.15) is 5.75 Å². The average Bonchev–Trinajstić information content (AvgIpc) is 3.21. The first-order valence-corrected chi connectivity index (χ1v) is 7.26. The fourth-order valence-corrected chi connectivity index (χ4v) is 2.11. The Labute approximate surface area is 141 Å². The highest BCUT2D eigenvalue weighted by molar-refractivity contribution is 5.94. The molecule has 0 aliphatic heterocycles. The molecule has 11 nitrogen and oxygen atoms in total. The molecule has 3 aromatic rings. The van der Waals surface area contributed by atoms with Crippen molar-refractivity contribution >= 4 is 17.9 Å². The lowest BCUT2D eigenvalue weighted by Crippen LogP contribution is -2.20. The van der Waals surface area contributed by atoms with Gasteiger partial charge in [-0.15, -0.1) is 5.10 Å². The van der Waals surface area contributed by atoms with E-state index in [0.717, 1.165) is 0 Å². The molecule has 128 valence electrons. The largest absolute Gasteiger partial charge is 0.507 e. The third-order valence-electron chi connectivity index (χ3n) is 3.32. The van der Waals surface area contributed by atoms with Crippen molar-refractivity contribution in [2.45, 2.75) is 13.3 Å². The van der Waals surface area contributed by atoms with E-state index in [2.05, 4.69) is 35.8 Å². The van der Waals surface area contributed by atoms with E-state index in [0.29, 0.717) is 17.7 Å². The number of carbonyl (C=O) groups excluding carboxylic acids is 1. The summed E-state index contributed by atoms with van der Waals surface area (Å²) >= 11 is 0. The lowest BCUT2D eigenvalue weighted by Gasteiger charge is -2.02. The Morgan fingerprint density at radius 2 is 2.24 bits per heavy atom. The smallest absolute Gasteiger partial charge is 0.293 e. The number of phenols is 1. The SMILES string of the molecule is CCc1c(C(=O)N/N=C/c2ccccc2O)nnn1-c1nonc1N. The maximum absolute atomic E-state index is 12.3. The van der Waals surface area contributed by atoms with Crippen LogP contribution in [-0.2, 0) is 6.42 Å². The van der Waals surface area contributed by atoms with Gasteiger partial charge in [-0.05, 0) is 28.9 Å². The van der Waals surface area contributed by atoms with Gasteiger partial charge in [0, 0.05) is 5.56 Å². The van der Waals surface area contributed by atoms with Gasteiger partial charge in [-0.2, -0.15) is 9.78 Å². The molecular weight excluding hydrogens is 328 g/mol. The number of rotatable bonds is 5. The van der Waals surface area contributed by atoms with Gasteiger partial charge >= 0.3 is 0 Å². The minimum Gasteiger partial charge on any atom is -0.507 e. The Kier molecular flexibility index (Phi) is 4.37. The molecule has 0 atom stereocenters. The number of hydrogen-bond donors (Lipinski definition) is 3. The number of anilines is 1. The second-order valence-corrected chi connectivity index (χ2v) is 4.88. The summed E-state index contributed by atoms with van der Waals surface area (Å²) in [5.41, 5.74) is 8.97. The second kappa shape index (κ2) is 6.78. The van der Waals surface area contributed by atoms with Crippen molar-refractivity contribution in [2.24, 2.45) is 5.10 Å². The van der Waals surface area contributed by atoms with E-state index >= 15 is 0 Å². The van der Waals surface area contributed by atoms with E-state index in [4.69, 9.17) is 5.73 Å². The molecular formula is C14H14N8O3. The summed E-state index contributed by atoms with van der Waals surface area (Å²) in [5.74, 6) is -0.329. The summed E-state index contributed by atoms with van der Waals surface area (Å²) in [6.07, 6.45) is 1.76. The number of para-hydroxylation sites is 1. The minimum atomic E-state index is -0.565. The summed E-state index contributed by atoms with van der Waals surface area (Å²) in [5, 5.41) is 28.3. The van der Waals surface area contributed by atoms with Crippen molar-refractivity contribution in [1.82, 2.24) is 30.7 Å². The minimum absolute atomic E-state index is 0.0316. The fraction of sp³-hybridized carbons (Fsp3) is 0.143. The standard InChI is InChI=1S/C14H14N8O3/c1-2-9-11(17-21-22(9)13-12(15)19-25-20-13)14(24)18-16-7-8-5-3-4-6-10(8)23/h3-7,23H,2H2,1H3,(H2,15,19)(H,18,24)/b16-7+. The number of aromatic nitrogens is 5. The van der Waals surface area contributed by atoms with Crippen LogP contribution in [0.3, 0.4) is 0 Å². The first kappa shape index (κ1) is 16.1. The molecule has 0 aliphatic rings. The molecule has 1 amide bonds. The summed E-state index contributed by atoms with van der Waals surface area (Å²) in [4.78, 5) is 12.3. The van der Waals surface area contributed by atoms with Crippen molar-refractivity contribution in [3.63, 3.8) is 0 Å². The van der Waals surface area contributed by atoms with Crippen LogP contribution < -0.4 is 11.2 Å². The topological polar surface area (TPSA) is 157 Å². The molecule has 0 aliphatic carbocycles. The Hall–Kier alpha value is -3.76. The molecule has 2 heterocycles. The van der Waals surface area contributed by atoms with Crippen LogP contribution in [-0.4, -0.2) is 42.5 Å². The van der Waals surface area contributed by atoms with E-state index in [1.165, 1.54) is 17.0 Å². The molecule has 0 saturated carbocycles. The number of nitrogens with one attached hydrogen (secondary N) is 1. The zero-order valence-electron chi connectivity index (χ0n) is 13.1. The predicted octanol–water partition coefficient (Wildman–Crippen LogP) is 0.264. The molecule has 0 radical (unpaired) electrons. The van der Waals surface area contributed by atoms with E-state index < -0.39 is 5.91 Å². The van der Waals surface area contributed by atoms with E-state index in [-0.39, 0.29) is 23.1 Å². The average molecular weight is 342 g/mol. The van der Waals surface area contributed by atoms with Crippen molar-refractivity contribution in [3.8, 4) is 11.6 Å². The molecule has 0 saturated heterocycles. The molecule has 4 N–H and O–H groups in total. The van der Waals surface area contributed by atoms with Gasteiger partial charge in [0.05, 0.1) is 11.9 Å². The normalized spacial score (nSPS) is 11.1. The lowest BCUT2D eigenvalue weighted by molar-refractivity contribution is 0.0949. The number of hydrazone groups is 1. The molecule has 0 bridgehead atoms. The van der Waals surface area contributed by atoms with Crippen molar-refractivity contribution < 1.29 is 14.5 Å². The summed E-state index contributed by atoms with van der Waals surface area (Å²) < 4.78 is 5.82. The fourth-order valence-electron chi connectivity index (χ4n) is 2.11. The summed E-state index contributed by atoms with van der Waals surface area (Å²) in [7, 11) is 0. The highest BCUT2D eigenvalue weighted by atomic mass is 16.6.